The molecule has 0 aliphatic rings. The second-order valence-electron chi connectivity index (χ2n) is 3.03. The number of nitrogens with one attached hydrogen (secondary N) is 1. The Bertz CT molecular complexity index is 414. The number of carboxylic acid groups (broad SMARTS) is 1. The number of carbonyl (C=O) groups excluding carboxylic acids is 1. The molecule has 0 aromatic heterocycles. The van der Waals surface area contributed by atoms with Crippen LogP contribution in [0.2, 0.25) is 0 Å². The van der Waals surface area contributed by atoms with Crippen molar-refractivity contribution in [3.05, 3.63) is 29.3 Å². The molecule has 0 spiro atoms. The molecule has 1 amide bonds. The summed E-state index contributed by atoms with van der Waals surface area (Å²) in [5, 5.41) is 11.4. The molecule has 5 heteroatoms. The van der Waals surface area contributed by atoms with E-state index in [2.05, 4.69) is 5.32 Å². The zero-order valence-electron chi connectivity index (χ0n) is 9.11. The van der Waals surface area contributed by atoms with Crippen LogP contribution in [-0.4, -0.2) is 30.6 Å². The zero-order valence-corrected chi connectivity index (χ0v) is 9.11. The van der Waals surface area contributed by atoms with E-state index in [-0.39, 0.29) is 17.2 Å². The van der Waals surface area contributed by atoms with Gasteiger partial charge in [-0.3, -0.25) is 4.79 Å². The standard InChI is InChI=1S/C11H13NO4/c1-3-16-9-6-7(10(13)12-2)4-5-8(9)11(14)15/h4-6H,3H2,1-2H3,(H,12,13)(H,14,15). The molecule has 0 saturated heterocycles. The molecule has 0 aliphatic carbocycles. The molecular formula is C11H13NO4. The number of hydrogen-bond donors (Lipinski definition) is 2. The predicted molar refractivity (Wildman–Crippen MR) is 58.0 cm³/mol. The highest BCUT2D eigenvalue weighted by molar-refractivity contribution is 5.97. The van der Waals surface area contributed by atoms with E-state index in [0.717, 1.165) is 0 Å². The third kappa shape index (κ3) is 2.50. The average Bonchev–Trinajstić information content (AvgIpc) is 2.28. The first-order chi connectivity index (χ1) is 7.60. The van der Waals surface area contributed by atoms with Gasteiger partial charge in [-0.05, 0) is 25.1 Å². The highest BCUT2D eigenvalue weighted by Crippen LogP contribution is 2.20. The lowest BCUT2D eigenvalue weighted by Gasteiger charge is -2.08. The predicted octanol–water partition coefficient (Wildman–Crippen LogP) is 1.14. The molecule has 0 unspecified atom stereocenters. The van der Waals surface area contributed by atoms with Gasteiger partial charge in [-0.25, -0.2) is 4.79 Å². The molecule has 0 atom stereocenters. The Morgan fingerprint density at radius 3 is 2.62 bits per heavy atom. The third-order valence-electron chi connectivity index (χ3n) is 2.00. The first kappa shape index (κ1) is 12.0. The van der Waals surface area contributed by atoms with Crippen LogP contribution in [-0.2, 0) is 0 Å². The van der Waals surface area contributed by atoms with Gasteiger partial charge in [0.25, 0.3) is 5.91 Å². The molecular weight excluding hydrogens is 210 g/mol. The van der Waals surface area contributed by atoms with E-state index in [9.17, 15) is 9.59 Å². The van der Waals surface area contributed by atoms with Gasteiger partial charge in [-0.15, -0.1) is 0 Å². The topological polar surface area (TPSA) is 75.6 Å². The Kier molecular flexibility index (Phi) is 3.88. The van der Waals surface area contributed by atoms with Crippen molar-refractivity contribution in [1.29, 1.82) is 0 Å². The summed E-state index contributed by atoms with van der Waals surface area (Å²) < 4.78 is 5.17. The van der Waals surface area contributed by atoms with Crippen molar-refractivity contribution in [2.24, 2.45) is 0 Å². The average molecular weight is 223 g/mol. The summed E-state index contributed by atoms with van der Waals surface area (Å²) in [6, 6.07) is 4.23. The van der Waals surface area contributed by atoms with Crippen molar-refractivity contribution < 1.29 is 19.4 Å². The SMILES string of the molecule is CCOc1cc(C(=O)NC)ccc1C(=O)O. The Labute approximate surface area is 93.0 Å². The summed E-state index contributed by atoms with van der Waals surface area (Å²) in [6.45, 7) is 2.09. The van der Waals surface area contributed by atoms with Crippen molar-refractivity contribution in [2.75, 3.05) is 13.7 Å². The quantitative estimate of drug-likeness (QED) is 0.802. The van der Waals surface area contributed by atoms with Gasteiger partial charge >= 0.3 is 5.97 Å². The zero-order chi connectivity index (χ0) is 12.1. The number of amides is 1. The minimum absolute atomic E-state index is 0.0505. The van der Waals surface area contributed by atoms with Crippen LogP contribution < -0.4 is 10.1 Å². The molecule has 1 aromatic carbocycles. The third-order valence-corrected chi connectivity index (χ3v) is 2.00. The van der Waals surface area contributed by atoms with E-state index in [4.69, 9.17) is 9.84 Å². The molecule has 16 heavy (non-hydrogen) atoms. The summed E-state index contributed by atoms with van der Waals surface area (Å²) >= 11 is 0. The molecule has 0 heterocycles. The highest BCUT2D eigenvalue weighted by Gasteiger charge is 2.14. The monoisotopic (exact) mass is 223 g/mol. The summed E-state index contributed by atoms with van der Waals surface area (Å²) in [4.78, 5) is 22.2. The van der Waals surface area contributed by atoms with Crippen molar-refractivity contribution >= 4 is 11.9 Å². The maximum absolute atomic E-state index is 11.3. The summed E-state index contributed by atoms with van der Waals surface area (Å²) in [5.41, 5.74) is 0.422. The lowest BCUT2D eigenvalue weighted by molar-refractivity contribution is 0.0692. The molecule has 0 radical (unpaired) electrons. The molecule has 2 N–H and O–H groups in total. The van der Waals surface area contributed by atoms with Crippen molar-refractivity contribution in [3.63, 3.8) is 0 Å². The first-order valence-corrected chi connectivity index (χ1v) is 4.82. The van der Waals surface area contributed by atoms with Crippen LogP contribution in [0.4, 0.5) is 0 Å². The minimum atomic E-state index is -1.08. The van der Waals surface area contributed by atoms with Crippen molar-refractivity contribution in [1.82, 2.24) is 5.32 Å². The van der Waals surface area contributed by atoms with Crippen LogP contribution in [0.15, 0.2) is 18.2 Å². The Morgan fingerprint density at radius 1 is 1.44 bits per heavy atom. The minimum Gasteiger partial charge on any atom is -0.493 e. The Balaban J connectivity index is 3.16. The number of hydrogen-bond acceptors (Lipinski definition) is 3. The van der Waals surface area contributed by atoms with Crippen LogP contribution in [0, 0.1) is 0 Å². The van der Waals surface area contributed by atoms with Crippen LogP contribution in [0.5, 0.6) is 5.75 Å². The summed E-state index contributed by atoms with van der Waals surface area (Å²) in [5.74, 6) is -1.15. The maximum Gasteiger partial charge on any atom is 0.339 e. The summed E-state index contributed by atoms with van der Waals surface area (Å²) in [7, 11) is 1.51. The van der Waals surface area contributed by atoms with E-state index in [0.29, 0.717) is 12.2 Å². The number of carbonyl (C=O) groups is 2. The van der Waals surface area contributed by atoms with E-state index < -0.39 is 5.97 Å². The van der Waals surface area contributed by atoms with Gasteiger partial charge in [-0.2, -0.15) is 0 Å². The van der Waals surface area contributed by atoms with Crippen LogP contribution in [0.25, 0.3) is 0 Å². The van der Waals surface area contributed by atoms with Crippen LogP contribution in [0.1, 0.15) is 27.6 Å². The molecule has 0 saturated carbocycles. The molecule has 1 rings (SSSR count). The number of aromatic carboxylic acids is 1. The second kappa shape index (κ2) is 5.16. The molecule has 5 nitrogen and oxygen atoms in total. The molecule has 0 aliphatic heterocycles. The fourth-order valence-electron chi connectivity index (χ4n) is 1.26. The van der Waals surface area contributed by atoms with Gasteiger partial charge in [0.2, 0.25) is 0 Å². The number of ether oxygens (including phenoxy) is 1. The largest absolute Gasteiger partial charge is 0.493 e. The van der Waals surface area contributed by atoms with Gasteiger partial charge < -0.3 is 15.2 Å². The fourth-order valence-corrected chi connectivity index (χ4v) is 1.26. The van der Waals surface area contributed by atoms with E-state index in [1.54, 1.807) is 6.92 Å². The van der Waals surface area contributed by atoms with Gasteiger partial charge in [0.05, 0.1) is 6.61 Å². The lowest BCUT2D eigenvalue weighted by Crippen LogP contribution is -2.18. The normalized spacial score (nSPS) is 9.62. The van der Waals surface area contributed by atoms with Gasteiger partial charge in [-0.1, -0.05) is 0 Å². The van der Waals surface area contributed by atoms with Crippen molar-refractivity contribution in [3.8, 4) is 5.75 Å². The molecule has 1 aromatic rings. The second-order valence-corrected chi connectivity index (χ2v) is 3.03. The maximum atomic E-state index is 11.3. The Morgan fingerprint density at radius 2 is 2.12 bits per heavy atom. The van der Waals surface area contributed by atoms with Gasteiger partial charge in [0, 0.05) is 12.6 Å². The van der Waals surface area contributed by atoms with Crippen LogP contribution in [0.3, 0.4) is 0 Å². The number of benzene rings is 1. The van der Waals surface area contributed by atoms with Gasteiger partial charge in [0.15, 0.2) is 0 Å². The lowest BCUT2D eigenvalue weighted by atomic mass is 10.1. The van der Waals surface area contributed by atoms with Crippen LogP contribution >= 0.6 is 0 Å². The smallest absolute Gasteiger partial charge is 0.339 e. The Hall–Kier alpha value is -2.04. The van der Waals surface area contributed by atoms with E-state index >= 15 is 0 Å². The highest BCUT2D eigenvalue weighted by atomic mass is 16.5. The van der Waals surface area contributed by atoms with Crippen molar-refractivity contribution in [2.45, 2.75) is 6.92 Å². The van der Waals surface area contributed by atoms with E-state index in [1.165, 1.54) is 25.2 Å². The molecule has 0 fully saturated rings. The first-order valence-electron chi connectivity index (χ1n) is 4.82. The van der Waals surface area contributed by atoms with Gasteiger partial charge in [0.1, 0.15) is 11.3 Å². The molecule has 86 valence electrons. The number of carboxylic acids is 1. The fraction of sp³-hybridized carbons (Fsp3) is 0.273. The molecule has 0 bridgehead atoms. The summed E-state index contributed by atoms with van der Waals surface area (Å²) in [6.07, 6.45) is 0. The van der Waals surface area contributed by atoms with E-state index in [1.807, 2.05) is 0 Å². The number of rotatable bonds is 4.